The number of halogens is 1. The molecule has 0 aliphatic heterocycles. The van der Waals surface area contributed by atoms with E-state index in [1.165, 1.54) is 11.3 Å². The molecule has 1 aromatic carbocycles. The summed E-state index contributed by atoms with van der Waals surface area (Å²) in [6.07, 6.45) is 3.41. The van der Waals surface area contributed by atoms with Crippen LogP contribution in [0.25, 0.3) is 10.2 Å². The van der Waals surface area contributed by atoms with Crippen LogP contribution in [-0.2, 0) is 6.54 Å². The summed E-state index contributed by atoms with van der Waals surface area (Å²) in [4.78, 5) is 23.5. The van der Waals surface area contributed by atoms with Crippen molar-refractivity contribution in [1.82, 2.24) is 15.1 Å². The molecule has 1 amide bonds. The molecule has 3 heterocycles. The first-order chi connectivity index (χ1) is 13.0. The van der Waals surface area contributed by atoms with Crippen LogP contribution in [0.15, 0.2) is 47.2 Å². The fourth-order valence-corrected chi connectivity index (χ4v) is 4.02. The highest BCUT2D eigenvalue weighted by Crippen LogP contribution is 2.36. The maximum Gasteiger partial charge on any atom is 0.298 e. The van der Waals surface area contributed by atoms with Crippen LogP contribution >= 0.6 is 22.9 Å². The molecule has 0 N–H and O–H groups in total. The molecule has 4 aromatic rings. The molecule has 4 rings (SSSR count). The quantitative estimate of drug-likeness (QED) is 0.494. The molecule has 0 spiro atoms. The van der Waals surface area contributed by atoms with Crippen LogP contribution in [-0.4, -0.2) is 21.0 Å². The second-order valence-corrected chi connectivity index (χ2v) is 7.51. The van der Waals surface area contributed by atoms with Crippen molar-refractivity contribution in [3.63, 3.8) is 0 Å². The van der Waals surface area contributed by atoms with E-state index in [0.29, 0.717) is 22.4 Å². The molecule has 3 aromatic heterocycles. The molecule has 0 atom stereocenters. The molecular formula is C19H15ClN4O2S. The van der Waals surface area contributed by atoms with Crippen molar-refractivity contribution in [1.29, 1.82) is 0 Å². The van der Waals surface area contributed by atoms with Gasteiger partial charge < -0.3 is 4.52 Å². The van der Waals surface area contributed by atoms with E-state index in [-0.39, 0.29) is 11.7 Å². The van der Waals surface area contributed by atoms with Gasteiger partial charge in [0.2, 0.25) is 5.76 Å². The largest absolute Gasteiger partial charge is 0.351 e. The summed E-state index contributed by atoms with van der Waals surface area (Å²) >= 11 is 7.71. The lowest BCUT2D eigenvalue weighted by Gasteiger charge is -2.18. The predicted octanol–water partition coefficient (Wildman–Crippen LogP) is 4.80. The zero-order valence-electron chi connectivity index (χ0n) is 14.6. The van der Waals surface area contributed by atoms with Gasteiger partial charge in [-0.05, 0) is 37.1 Å². The van der Waals surface area contributed by atoms with Crippen molar-refractivity contribution in [3.8, 4) is 0 Å². The molecule has 0 saturated heterocycles. The number of nitrogens with zero attached hydrogens (tertiary/aromatic N) is 4. The Morgan fingerprint density at radius 1 is 1.30 bits per heavy atom. The second-order valence-electron chi connectivity index (χ2n) is 6.12. The smallest absolute Gasteiger partial charge is 0.298 e. The number of thiazole rings is 1. The van der Waals surface area contributed by atoms with E-state index in [2.05, 4.69) is 15.1 Å². The van der Waals surface area contributed by atoms with Crippen LogP contribution < -0.4 is 4.90 Å². The summed E-state index contributed by atoms with van der Waals surface area (Å²) in [5.74, 6) is -0.147. The number of anilines is 1. The Kier molecular flexibility index (Phi) is 4.63. The van der Waals surface area contributed by atoms with E-state index >= 15 is 0 Å². The SMILES string of the molecule is Cc1cc(C(=O)N(Cc2cccnc2)c2nc3c(C)ccc(Cl)c3s2)on1. The number of fused-ring (bicyclic) bond motifs is 1. The zero-order valence-corrected chi connectivity index (χ0v) is 16.2. The van der Waals surface area contributed by atoms with Crippen LogP contribution in [0.4, 0.5) is 5.13 Å². The van der Waals surface area contributed by atoms with Crippen molar-refractivity contribution >= 4 is 44.2 Å². The molecule has 0 fully saturated rings. The van der Waals surface area contributed by atoms with Crippen molar-refractivity contribution in [3.05, 3.63) is 70.3 Å². The molecule has 0 saturated carbocycles. The molecule has 0 bridgehead atoms. The summed E-state index contributed by atoms with van der Waals surface area (Å²) < 4.78 is 6.03. The van der Waals surface area contributed by atoms with Crippen molar-refractivity contribution in [2.45, 2.75) is 20.4 Å². The molecular weight excluding hydrogens is 384 g/mol. The number of amides is 1. The van der Waals surface area contributed by atoms with E-state index in [4.69, 9.17) is 16.1 Å². The van der Waals surface area contributed by atoms with Gasteiger partial charge in [-0.2, -0.15) is 0 Å². The number of aryl methyl sites for hydroxylation is 2. The van der Waals surface area contributed by atoms with Gasteiger partial charge in [0.05, 0.1) is 27.5 Å². The number of benzene rings is 1. The van der Waals surface area contributed by atoms with Crippen LogP contribution in [0.3, 0.4) is 0 Å². The number of hydrogen-bond donors (Lipinski definition) is 0. The average Bonchev–Trinajstić information content (AvgIpc) is 3.30. The molecule has 136 valence electrons. The second kappa shape index (κ2) is 7.09. The first kappa shape index (κ1) is 17.6. The molecule has 0 aliphatic rings. The standard InChI is InChI=1S/C19H15ClN4O2S/c1-11-5-6-14(20)17-16(11)22-19(27-17)24(10-13-4-3-7-21-9-13)18(25)15-8-12(2)23-26-15/h3-9H,10H2,1-2H3. The lowest BCUT2D eigenvalue weighted by atomic mass is 10.2. The van der Waals surface area contributed by atoms with Gasteiger partial charge in [0.25, 0.3) is 5.91 Å². The molecule has 27 heavy (non-hydrogen) atoms. The molecule has 0 aliphatic carbocycles. The number of carbonyl (C=O) groups excluding carboxylic acids is 1. The summed E-state index contributed by atoms with van der Waals surface area (Å²) in [7, 11) is 0. The minimum Gasteiger partial charge on any atom is -0.351 e. The Morgan fingerprint density at radius 2 is 2.15 bits per heavy atom. The first-order valence-electron chi connectivity index (χ1n) is 8.22. The summed E-state index contributed by atoms with van der Waals surface area (Å²) in [6.45, 7) is 4.05. The van der Waals surface area contributed by atoms with Gasteiger partial charge in [-0.15, -0.1) is 0 Å². The summed E-state index contributed by atoms with van der Waals surface area (Å²) in [5, 5.41) is 4.98. The van der Waals surface area contributed by atoms with E-state index in [9.17, 15) is 4.79 Å². The Labute approximate surface area is 164 Å². The maximum atomic E-state index is 13.1. The lowest BCUT2D eigenvalue weighted by molar-refractivity contribution is 0.0949. The van der Waals surface area contributed by atoms with Crippen LogP contribution in [0, 0.1) is 13.8 Å². The first-order valence-corrected chi connectivity index (χ1v) is 9.42. The number of rotatable bonds is 4. The highest BCUT2D eigenvalue weighted by Gasteiger charge is 2.25. The predicted molar refractivity (Wildman–Crippen MR) is 105 cm³/mol. The Balaban J connectivity index is 1.81. The lowest BCUT2D eigenvalue weighted by Crippen LogP contribution is -2.30. The average molecular weight is 399 g/mol. The third-order valence-electron chi connectivity index (χ3n) is 4.06. The third kappa shape index (κ3) is 3.43. The summed E-state index contributed by atoms with van der Waals surface area (Å²) in [5.41, 5.74) is 3.31. The topological polar surface area (TPSA) is 72.1 Å². The fourth-order valence-electron chi connectivity index (χ4n) is 2.70. The van der Waals surface area contributed by atoms with Crippen molar-refractivity contribution < 1.29 is 9.32 Å². The van der Waals surface area contributed by atoms with Crippen molar-refractivity contribution in [2.24, 2.45) is 0 Å². The van der Waals surface area contributed by atoms with E-state index < -0.39 is 0 Å². The molecule has 8 heteroatoms. The Bertz CT molecular complexity index is 1080. The van der Waals surface area contributed by atoms with Crippen LogP contribution in [0.2, 0.25) is 5.02 Å². The van der Waals surface area contributed by atoms with Gasteiger partial charge in [0, 0.05) is 18.5 Å². The van der Waals surface area contributed by atoms with Gasteiger partial charge in [-0.3, -0.25) is 14.7 Å². The van der Waals surface area contributed by atoms with E-state index in [0.717, 1.165) is 21.3 Å². The summed E-state index contributed by atoms with van der Waals surface area (Å²) in [6, 6.07) is 9.11. The Morgan fingerprint density at radius 3 is 2.81 bits per heavy atom. The zero-order chi connectivity index (χ0) is 19.0. The monoisotopic (exact) mass is 398 g/mol. The fraction of sp³-hybridized carbons (Fsp3) is 0.158. The van der Waals surface area contributed by atoms with E-state index in [1.807, 2.05) is 31.2 Å². The minimum atomic E-state index is -0.313. The number of pyridine rings is 1. The number of aromatic nitrogens is 3. The van der Waals surface area contributed by atoms with E-state index in [1.54, 1.807) is 30.3 Å². The van der Waals surface area contributed by atoms with Gasteiger partial charge >= 0.3 is 0 Å². The molecule has 6 nitrogen and oxygen atoms in total. The van der Waals surface area contributed by atoms with Gasteiger partial charge in [-0.25, -0.2) is 4.98 Å². The van der Waals surface area contributed by atoms with Gasteiger partial charge in [-0.1, -0.05) is 40.2 Å². The number of carbonyl (C=O) groups is 1. The number of hydrogen-bond acceptors (Lipinski definition) is 6. The highest BCUT2D eigenvalue weighted by molar-refractivity contribution is 7.23. The third-order valence-corrected chi connectivity index (χ3v) is 5.60. The van der Waals surface area contributed by atoms with Gasteiger partial charge in [0.15, 0.2) is 5.13 Å². The van der Waals surface area contributed by atoms with Crippen LogP contribution in [0.5, 0.6) is 0 Å². The normalized spacial score (nSPS) is 11.1. The minimum absolute atomic E-state index is 0.165. The molecule has 0 unspecified atom stereocenters. The highest BCUT2D eigenvalue weighted by atomic mass is 35.5. The Hall–Kier alpha value is -2.77. The van der Waals surface area contributed by atoms with Crippen LogP contribution in [0.1, 0.15) is 27.4 Å². The van der Waals surface area contributed by atoms with Crippen molar-refractivity contribution in [2.75, 3.05) is 4.90 Å². The maximum absolute atomic E-state index is 13.1. The van der Waals surface area contributed by atoms with Gasteiger partial charge in [0.1, 0.15) is 0 Å². The molecule has 0 radical (unpaired) electrons.